The summed E-state index contributed by atoms with van der Waals surface area (Å²) in [6.45, 7) is 15.9. The second-order valence-electron chi connectivity index (χ2n) is 14.8. The molecule has 0 aromatic heterocycles. The van der Waals surface area contributed by atoms with E-state index in [2.05, 4.69) is 48.5 Å². The second kappa shape index (κ2) is 7.32. The minimum Gasteiger partial charge on any atom is -0.481 e. The summed E-state index contributed by atoms with van der Waals surface area (Å²) in [4.78, 5) is 40.1. The van der Waals surface area contributed by atoms with E-state index in [4.69, 9.17) is 0 Å². The molecule has 0 saturated heterocycles. The first-order valence-electron chi connectivity index (χ1n) is 14.1. The molecule has 0 spiro atoms. The predicted octanol–water partition coefficient (Wildman–Crippen LogP) is 7.01. The van der Waals surface area contributed by atoms with Gasteiger partial charge < -0.3 is 5.11 Å². The molecule has 5 aliphatic carbocycles. The number of carboxylic acid groups (broad SMARTS) is 1. The Labute approximate surface area is 211 Å². The fourth-order valence-corrected chi connectivity index (χ4v) is 10.5. The van der Waals surface area contributed by atoms with Gasteiger partial charge >= 0.3 is 5.97 Å². The normalized spacial score (nSPS) is 50.8. The predicted molar refractivity (Wildman–Crippen MR) is 137 cm³/mol. The standard InChI is InChI=1S/C31H46O4/c1-8-27(4)21-9-12-29(6)22(28(21,5)11-10-23(27)33)17-20(32)24-19-18-26(2,3)13-15-31(19,25(34)35)16-14-30(24,29)7/h17,19,21,24H,8-16,18H2,1-7H3,(H,34,35)/t19-,21-,24-,27-,28-,29+,30+,31-/m0/s1. The van der Waals surface area contributed by atoms with Crippen LogP contribution in [-0.4, -0.2) is 22.6 Å². The molecule has 5 rings (SSSR count). The molecule has 0 aromatic carbocycles. The molecule has 4 saturated carbocycles. The van der Waals surface area contributed by atoms with Gasteiger partial charge in [0, 0.05) is 17.8 Å². The number of rotatable bonds is 2. The monoisotopic (exact) mass is 482 g/mol. The Hall–Kier alpha value is -1.45. The van der Waals surface area contributed by atoms with Gasteiger partial charge in [-0.1, -0.05) is 54.0 Å². The van der Waals surface area contributed by atoms with Crippen LogP contribution in [0.15, 0.2) is 11.6 Å². The van der Waals surface area contributed by atoms with Crippen molar-refractivity contribution < 1.29 is 19.5 Å². The van der Waals surface area contributed by atoms with E-state index in [1.165, 1.54) is 5.57 Å². The van der Waals surface area contributed by atoms with Crippen LogP contribution in [0.1, 0.15) is 113 Å². The Morgan fingerprint density at radius 3 is 2.26 bits per heavy atom. The van der Waals surface area contributed by atoms with Gasteiger partial charge in [0.15, 0.2) is 5.78 Å². The molecule has 4 nitrogen and oxygen atoms in total. The number of hydrogen-bond acceptors (Lipinski definition) is 3. The van der Waals surface area contributed by atoms with Crippen molar-refractivity contribution in [3.8, 4) is 0 Å². The molecule has 4 heteroatoms. The Morgan fingerprint density at radius 1 is 0.971 bits per heavy atom. The number of carboxylic acids is 1. The number of carbonyl (C=O) groups excluding carboxylic acids is 2. The van der Waals surface area contributed by atoms with Crippen LogP contribution in [-0.2, 0) is 14.4 Å². The highest BCUT2D eigenvalue weighted by Gasteiger charge is 2.71. The van der Waals surface area contributed by atoms with Gasteiger partial charge in [-0.15, -0.1) is 0 Å². The van der Waals surface area contributed by atoms with Gasteiger partial charge in [-0.25, -0.2) is 0 Å². The van der Waals surface area contributed by atoms with Gasteiger partial charge in [-0.2, -0.15) is 0 Å². The lowest BCUT2D eigenvalue weighted by molar-refractivity contribution is -0.190. The molecule has 0 aromatic rings. The quantitative estimate of drug-likeness (QED) is 0.459. The maximum Gasteiger partial charge on any atom is 0.309 e. The summed E-state index contributed by atoms with van der Waals surface area (Å²) in [6, 6.07) is 0. The molecule has 4 fully saturated rings. The van der Waals surface area contributed by atoms with Crippen molar-refractivity contribution in [3.05, 3.63) is 11.6 Å². The lowest BCUT2D eigenvalue weighted by Gasteiger charge is -2.69. The van der Waals surface area contributed by atoms with Gasteiger partial charge in [0.1, 0.15) is 5.78 Å². The molecule has 5 aliphatic rings. The van der Waals surface area contributed by atoms with Crippen LogP contribution in [0.4, 0.5) is 0 Å². The number of hydrogen-bond donors (Lipinski definition) is 1. The van der Waals surface area contributed by atoms with Crippen molar-refractivity contribution in [3.63, 3.8) is 0 Å². The van der Waals surface area contributed by atoms with Crippen LogP contribution in [0.25, 0.3) is 0 Å². The molecular formula is C31H46O4. The van der Waals surface area contributed by atoms with E-state index in [1.54, 1.807) is 0 Å². The molecule has 0 amide bonds. The summed E-state index contributed by atoms with van der Waals surface area (Å²) in [7, 11) is 0. The van der Waals surface area contributed by atoms with E-state index in [1.807, 2.05) is 6.08 Å². The number of ketones is 2. The van der Waals surface area contributed by atoms with E-state index in [0.29, 0.717) is 25.0 Å². The average molecular weight is 483 g/mol. The summed E-state index contributed by atoms with van der Waals surface area (Å²) < 4.78 is 0. The SMILES string of the molecule is CC[C@]1(C)C(=O)CC[C@]2(C)C3=CC(=O)[C@@H]4[C@@H]5CC(C)(C)CC[C@]5(C(=O)O)CC[C@@]4(C)[C@]3(C)CC[C@@H]12. The summed E-state index contributed by atoms with van der Waals surface area (Å²) in [5.41, 5.74) is -0.285. The first kappa shape index (κ1) is 25.2. The van der Waals surface area contributed by atoms with Crippen molar-refractivity contribution in [2.75, 3.05) is 0 Å². The third-order valence-corrected chi connectivity index (χ3v) is 13.1. The molecular weight excluding hydrogens is 436 g/mol. The van der Waals surface area contributed by atoms with Gasteiger partial charge in [0.2, 0.25) is 0 Å². The van der Waals surface area contributed by atoms with E-state index in [-0.39, 0.29) is 50.6 Å². The van der Waals surface area contributed by atoms with Crippen molar-refractivity contribution in [1.82, 2.24) is 0 Å². The first-order valence-corrected chi connectivity index (χ1v) is 14.1. The molecule has 0 bridgehead atoms. The largest absolute Gasteiger partial charge is 0.481 e. The number of Topliss-reactive ketones (excluding diaryl/α,β-unsaturated/α-hetero) is 1. The number of aliphatic carboxylic acids is 1. The number of carbonyl (C=O) groups is 3. The maximum absolute atomic E-state index is 14.2. The lowest BCUT2D eigenvalue weighted by atomic mass is 9.33. The van der Waals surface area contributed by atoms with E-state index in [0.717, 1.165) is 44.9 Å². The molecule has 0 aliphatic heterocycles. The van der Waals surface area contributed by atoms with E-state index in [9.17, 15) is 19.5 Å². The summed E-state index contributed by atoms with van der Waals surface area (Å²) in [6.07, 6.45) is 10.1. The van der Waals surface area contributed by atoms with Crippen molar-refractivity contribution in [1.29, 1.82) is 0 Å². The smallest absolute Gasteiger partial charge is 0.309 e. The van der Waals surface area contributed by atoms with Crippen LogP contribution in [0.2, 0.25) is 0 Å². The summed E-state index contributed by atoms with van der Waals surface area (Å²) in [5.74, 6) is -0.194. The third kappa shape index (κ3) is 2.95. The van der Waals surface area contributed by atoms with Crippen molar-refractivity contribution in [2.45, 2.75) is 113 Å². The number of fused-ring (bicyclic) bond motifs is 7. The Balaban J connectivity index is 1.65. The van der Waals surface area contributed by atoms with Crippen molar-refractivity contribution >= 4 is 17.5 Å². The zero-order chi connectivity index (χ0) is 25.8. The first-order chi connectivity index (χ1) is 16.1. The second-order valence-corrected chi connectivity index (χ2v) is 14.8. The average Bonchev–Trinajstić information content (AvgIpc) is 2.77. The van der Waals surface area contributed by atoms with Crippen molar-refractivity contribution in [2.24, 2.45) is 50.2 Å². The minimum absolute atomic E-state index is 0.0589. The van der Waals surface area contributed by atoms with Gasteiger partial charge in [-0.3, -0.25) is 14.4 Å². The molecule has 8 atom stereocenters. The molecule has 194 valence electrons. The van der Waals surface area contributed by atoms with Crippen LogP contribution in [0.5, 0.6) is 0 Å². The zero-order valence-electron chi connectivity index (χ0n) is 23.1. The Morgan fingerprint density at radius 2 is 1.63 bits per heavy atom. The van der Waals surface area contributed by atoms with Crippen LogP contribution >= 0.6 is 0 Å². The third-order valence-electron chi connectivity index (χ3n) is 13.1. The molecule has 1 N–H and O–H groups in total. The van der Waals surface area contributed by atoms with Crippen LogP contribution in [0.3, 0.4) is 0 Å². The number of allylic oxidation sites excluding steroid dienone is 2. The maximum atomic E-state index is 14.2. The fraction of sp³-hybridized carbons (Fsp3) is 0.839. The molecule has 0 radical (unpaired) electrons. The highest BCUT2D eigenvalue weighted by Crippen LogP contribution is 2.75. The highest BCUT2D eigenvalue weighted by atomic mass is 16.4. The Kier molecular flexibility index (Phi) is 5.27. The van der Waals surface area contributed by atoms with Gasteiger partial charge in [-0.05, 0) is 97.4 Å². The van der Waals surface area contributed by atoms with Crippen LogP contribution < -0.4 is 0 Å². The van der Waals surface area contributed by atoms with Gasteiger partial charge in [0.25, 0.3) is 0 Å². The minimum atomic E-state index is -0.768. The molecule has 0 heterocycles. The highest BCUT2D eigenvalue weighted by molar-refractivity contribution is 5.96. The van der Waals surface area contributed by atoms with E-state index >= 15 is 0 Å². The lowest BCUT2D eigenvalue weighted by Crippen LogP contribution is -2.66. The van der Waals surface area contributed by atoms with Gasteiger partial charge in [0.05, 0.1) is 5.41 Å². The summed E-state index contributed by atoms with van der Waals surface area (Å²) in [5, 5.41) is 10.5. The Bertz CT molecular complexity index is 1020. The molecule has 35 heavy (non-hydrogen) atoms. The van der Waals surface area contributed by atoms with E-state index < -0.39 is 11.4 Å². The topological polar surface area (TPSA) is 71.4 Å². The fourth-order valence-electron chi connectivity index (χ4n) is 10.5. The molecule has 0 unspecified atom stereocenters. The van der Waals surface area contributed by atoms with Crippen LogP contribution in [0, 0.1) is 50.2 Å². The summed E-state index contributed by atoms with van der Waals surface area (Å²) >= 11 is 0. The zero-order valence-corrected chi connectivity index (χ0v) is 23.1.